The van der Waals surface area contributed by atoms with Crippen molar-refractivity contribution in [3.8, 4) is 11.1 Å². The monoisotopic (exact) mass is 526 g/mol. The van der Waals surface area contributed by atoms with Gasteiger partial charge in [-0.2, -0.15) is 0 Å². The maximum Gasteiger partial charge on any atom is 0.0681 e. The molecule has 0 amide bonds. The van der Waals surface area contributed by atoms with Crippen LogP contribution in [0.2, 0.25) is 0 Å². The van der Waals surface area contributed by atoms with Gasteiger partial charge in [-0.25, -0.2) is 0 Å². The van der Waals surface area contributed by atoms with Crippen molar-refractivity contribution in [3.63, 3.8) is 0 Å². The van der Waals surface area contributed by atoms with Gasteiger partial charge in [0.25, 0.3) is 0 Å². The van der Waals surface area contributed by atoms with Crippen molar-refractivity contribution in [3.05, 3.63) is 59.7 Å². The highest BCUT2D eigenvalue weighted by Crippen LogP contribution is 2.38. The van der Waals surface area contributed by atoms with E-state index in [1.165, 1.54) is 48.8 Å². The van der Waals surface area contributed by atoms with Crippen LogP contribution >= 0.6 is 0 Å². The number of benzene rings is 2. The van der Waals surface area contributed by atoms with Crippen molar-refractivity contribution in [2.24, 2.45) is 16.7 Å². The summed E-state index contributed by atoms with van der Waals surface area (Å²) in [5, 5.41) is 17.8. The quantitative estimate of drug-likeness (QED) is 0.311. The van der Waals surface area contributed by atoms with E-state index in [9.17, 15) is 0 Å². The van der Waals surface area contributed by atoms with E-state index in [-0.39, 0.29) is 18.6 Å². The summed E-state index contributed by atoms with van der Waals surface area (Å²) in [6.07, 6.45) is 7.57. The molecule has 4 rings (SSSR count). The molecule has 0 aliphatic carbocycles. The van der Waals surface area contributed by atoms with E-state index in [1.807, 2.05) is 12.1 Å². The molecule has 0 radical (unpaired) electrons. The zero-order valence-electron chi connectivity index (χ0n) is 25.0. The van der Waals surface area contributed by atoms with E-state index in [4.69, 9.17) is 19.7 Å². The summed E-state index contributed by atoms with van der Waals surface area (Å²) in [6, 6.07) is 16.8. The van der Waals surface area contributed by atoms with Gasteiger partial charge in [0.05, 0.1) is 39.6 Å². The maximum absolute atomic E-state index is 9.02. The van der Waals surface area contributed by atoms with Crippen LogP contribution < -0.4 is 0 Å². The molecule has 0 bridgehead atoms. The van der Waals surface area contributed by atoms with Gasteiger partial charge in [-0.15, -0.1) is 0 Å². The lowest BCUT2D eigenvalue weighted by atomic mass is 9.75. The second-order valence-electron chi connectivity index (χ2n) is 11.7. The Labute approximate surface area is 232 Å². The molecule has 2 N–H and O–H groups in total. The first-order chi connectivity index (χ1) is 18.3. The highest BCUT2D eigenvalue weighted by atomic mass is 16.5. The molecule has 2 fully saturated rings. The Kier molecular flexibility index (Phi) is 14.0. The van der Waals surface area contributed by atoms with E-state index in [2.05, 4.69) is 77.9 Å². The molecule has 214 valence electrons. The van der Waals surface area contributed by atoms with Crippen LogP contribution in [0.25, 0.3) is 11.1 Å². The second-order valence-corrected chi connectivity index (χ2v) is 11.7. The van der Waals surface area contributed by atoms with Crippen molar-refractivity contribution in [1.29, 1.82) is 0 Å². The normalized spacial score (nSPS) is 18.4. The van der Waals surface area contributed by atoms with E-state index in [0.717, 1.165) is 44.3 Å². The largest absolute Gasteiger partial charge is 0.396 e. The first-order valence-electron chi connectivity index (χ1n) is 14.9. The Morgan fingerprint density at radius 1 is 0.737 bits per heavy atom. The van der Waals surface area contributed by atoms with E-state index in [1.54, 1.807) is 0 Å². The fourth-order valence-electron chi connectivity index (χ4n) is 5.03. The molecule has 2 aromatic carbocycles. The van der Waals surface area contributed by atoms with Crippen LogP contribution in [0.1, 0.15) is 97.1 Å². The topological polar surface area (TPSA) is 58.9 Å². The standard InChI is InChI=1S/C17H20O.C11H22O.C6H12O2/c1-3-13(2)15-8-10-17(11-9-15)16-6-4-14(12-18)5-7-16;1-4-6-10(3)7-11(5-2)8-12-9-11;1-2-6(3-7)4-8-5-6/h4-11,13,18H,3,12H2,1-2H3;10H,4-9H2,1-3H3;7H,2-5H2,1H3. The minimum Gasteiger partial charge on any atom is -0.396 e. The van der Waals surface area contributed by atoms with Gasteiger partial charge < -0.3 is 19.7 Å². The Morgan fingerprint density at radius 3 is 1.55 bits per heavy atom. The SMILES string of the molecule is CCC(C)c1ccc(-c2ccc(CO)cc2)cc1.CCC1(CO)COC1.CCCC(C)CC1(CC)COC1. The van der Waals surface area contributed by atoms with Crippen molar-refractivity contribution < 1.29 is 19.7 Å². The molecule has 2 heterocycles. The van der Waals surface area contributed by atoms with Crippen LogP contribution in [0.15, 0.2) is 48.5 Å². The zero-order valence-corrected chi connectivity index (χ0v) is 25.0. The number of aliphatic hydroxyl groups is 2. The van der Waals surface area contributed by atoms with E-state index in [0.29, 0.717) is 11.3 Å². The predicted molar refractivity (Wildman–Crippen MR) is 159 cm³/mol. The van der Waals surface area contributed by atoms with Crippen molar-refractivity contribution >= 4 is 0 Å². The predicted octanol–water partition coefficient (Wildman–Crippen LogP) is 8.00. The molecule has 4 nitrogen and oxygen atoms in total. The molecule has 2 atom stereocenters. The molecule has 0 aromatic heterocycles. The summed E-state index contributed by atoms with van der Waals surface area (Å²) >= 11 is 0. The molecule has 2 aliphatic rings. The third kappa shape index (κ3) is 9.48. The van der Waals surface area contributed by atoms with Crippen LogP contribution in [-0.4, -0.2) is 43.2 Å². The number of rotatable bonds is 11. The summed E-state index contributed by atoms with van der Waals surface area (Å²) in [5.41, 5.74) is 5.48. The third-order valence-electron chi connectivity index (χ3n) is 8.59. The number of aliphatic hydroxyl groups excluding tert-OH is 2. The average Bonchev–Trinajstić information content (AvgIpc) is 2.91. The van der Waals surface area contributed by atoms with E-state index >= 15 is 0 Å². The van der Waals surface area contributed by atoms with Gasteiger partial charge in [0.2, 0.25) is 0 Å². The molecular formula is C34H54O4. The van der Waals surface area contributed by atoms with Gasteiger partial charge in [-0.3, -0.25) is 0 Å². The first kappa shape index (κ1) is 32.5. The highest BCUT2D eigenvalue weighted by molar-refractivity contribution is 5.64. The van der Waals surface area contributed by atoms with Gasteiger partial charge >= 0.3 is 0 Å². The first-order valence-corrected chi connectivity index (χ1v) is 14.9. The summed E-state index contributed by atoms with van der Waals surface area (Å²) < 4.78 is 10.3. The minimum absolute atomic E-state index is 0.104. The molecule has 2 saturated heterocycles. The van der Waals surface area contributed by atoms with Crippen LogP contribution in [0.5, 0.6) is 0 Å². The summed E-state index contributed by atoms with van der Waals surface area (Å²) in [5.74, 6) is 1.51. The molecule has 2 aromatic rings. The lowest BCUT2D eigenvalue weighted by Crippen LogP contribution is -2.44. The maximum atomic E-state index is 9.02. The number of ether oxygens (including phenoxy) is 2. The van der Waals surface area contributed by atoms with E-state index < -0.39 is 0 Å². The van der Waals surface area contributed by atoms with Crippen LogP contribution in [-0.2, 0) is 16.1 Å². The van der Waals surface area contributed by atoms with Crippen LogP contribution in [0.3, 0.4) is 0 Å². The lowest BCUT2D eigenvalue weighted by Gasteiger charge is -2.42. The highest BCUT2D eigenvalue weighted by Gasteiger charge is 2.37. The summed E-state index contributed by atoms with van der Waals surface area (Å²) in [4.78, 5) is 0. The Balaban J connectivity index is 0.000000218. The molecule has 2 unspecified atom stereocenters. The summed E-state index contributed by atoms with van der Waals surface area (Å²) in [7, 11) is 0. The molecule has 0 saturated carbocycles. The Bertz CT molecular complexity index is 863. The fourth-order valence-corrected chi connectivity index (χ4v) is 5.03. The average molecular weight is 527 g/mol. The van der Waals surface area contributed by atoms with Crippen molar-refractivity contribution in [2.75, 3.05) is 33.0 Å². The smallest absolute Gasteiger partial charge is 0.0681 e. The zero-order chi connectivity index (χ0) is 28.0. The number of hydrogen-bond acceptors (Lipinski definition) is 4. The third-order valence-corrected chi connectivity index (χ3v) is 8.59. The van der Waals surface area contributed by atoms with Crippen molar-refractivity contribution in [2.45, 2.75) is 92.6 Å². The van der Waals surface area contributed by atoms with Crippen molar-refractivity contribution in [1.82, 2.24) is 0 Å². The van der Waals surface area contributed by atoms with Gasteiger partial charge in [-0.05, 0) is 59.8 Å². The molecule has 38 heavy (non-hydrogen) atoms. The Morgan fingerprint density at radius 2 is 1.24 bits per heavy atom. The summed E-state index contributed by atoms with van der Waals surface area (Å²) in [6.45, 7) is 17.4. The van der Waals surface area contributed by atoms with Gasteiger partial charge in [0.15, 0.2) is 0 Å². The van der Waals surface area contributed by atoms with Crippen LogP contribution in [0, 0.1) is 16.7 Å². The van der Waals surface area contributed by atoms with Gasteiger partial charge in [-0.1, -0.05) is 103 Å². The Hall–Kier alpha value is -1.72. The van der Waals surface area contributed by atoms with Gasteiger partial charge in [0, 0.05) is 10.8 Å². The number of hydrogen-bond donors (Lipinski definition) is 2. The lowest BCUT2D eigenvalue weighted by molar-refractivity contribution is -0.138. The molecular weight excluding hydrogens is 472 g/mol. The van der Waals surface area contributed by atoms with Crippen LogP contribution in [0.4, 0.5) is 0 Å². The second kappa shape index (κ2) is 16.4. The molecule has 2 aliphatic heterocycles. The van der Waals surface area contributed by atoms with Gasteiger partial charge in [0.1, 0.15) is 0 Å². The minimum atomic E-state index is 0.104. The fraction of sp³-hybridized carbons (Fsp3) is 0.647. The molecule has 0 spiro atoms. The molecule has 4 heteroatoms.